The number of rotatable bonds is 6. The maximum atomic E-state index is 11.5. The summed E-state index contributed by atoms with van der Waals surface area (Å²) in [7, 11) is 0. The Labute approximate surface area is 165 Å². The molecule has 0 saturated carbocycles. The van der Waals surface area contributed by atoms with E-state index < -0.39 is 11.1 Å². The van der Waals surface area contributed by atoms with Crippen molar-refractivity contribution in [3.63, 3.8) is 0 Å². The molecule has 0 saturated heterocycles. The van der Waals surface area contributed by atoms with Crippen molar-refractivity contribution in [2.75, 3.05) is 6.61 Å². The van der Waals surface area contributed by atoms with Gasteiger partial charge in [-0.25, -0.2) is 8.89 Å². The molecule has 0 amide bonds. The first-order valence-corrected chi connectivity index (χ1v) is 10.1. The molecule has 142 valence electrons. The molecule has 0 fully saturated rings. The Balaban J connectivity index is 2.08. The molecule has 0 aliphatic rings. The maximum absolute atomic E-state index is 11.5. The molecule has 1 unspecified atom stereocenters. The molecule has 1 aromatic heterocycles. The monoisotopic (exact) mass is 404 g/mol. The van der Waals surface area contributed by atoms with Crippen LogP contribution in [0.4, 0.5) is 0 Å². The third kappa shape index (κ3) is 4.30. The summed E-state index contributed by atoms with van der Waals surface area (Å²) in [6.07, 6.45) is 0.292. The largest absolute Gasteiger partial charge is 0.396 e. The molecule has 2 aromatic carbocycles. The van der Waals surface area contributed by atoms with Crippen molar-refractivity contribution in [1.82, 2.24) is 9.78 Å². The van der Waals surface area contributed by atoms with Crippen LogP contribution in [0.2, 0.25) is 5.15 Å². The minimum Gasteiger partial charge on any atom is -0.396 e. The molecule has 0 radical (unpaired) electrons. The van der Waals surface area contributed by atoms with E-state index in [9.17, 15) is 13.9 Å². The Bertz CT molecular complexity index is 968. The number of hydrogen-bond donors (Lipinski definition) is 2. The smallest absolute Gasteiger partial charge is 0.186 e. The zero-order chi connectivity index (χ0) is 19.6. The van der Waals surface area contributed by atoms with E-state index in [4.69, 9.17) is 11.6 Å². The van der Waals surface area contributed by atoms with E-state index in [2.05, 4.69) is 31.1 Å². The first kappa shape index (κ1) is 19.8. The second-order valence-electron chi connectivity index (χ2n) is 6.56. The van der Waals surface area contributed by atoms with Gasteiger partial charge in [-0.1, -0.05) is 43.6 Å². The zero-order valence-corrected chi connectivity index (χ0v) is 16.7. The van der Waals surface area contributed by atoms with Crippen LogP contribution in [0.15, 0.2) is 53.4 Å². The van der Waals surface area contributed by atoms with Gasteiger partial charge in [0.15, 0.2) is 16.2 Å². The van der Waals surface area contributed by atoms with Crippen molar-refractivity contribution in [2.45, 2.75) is 31.1 Å². The average molecular weight is 405 g/mol. The van der Waals surface area contributed by atoms with Gasteiger partial charge < -0.3 is 9.66 Å². The molecule has 1 heterocycles. The van der Waals surface area contributed by atoms with Crippen molar-refractivity contribution in [1.29, 1.82) is 0 Å². The summed E-state index contributed by atoms with van der Waals surface area (Å²) in [5, 5.41) is 14.0. The van der Waals surface area contributed by atoms with Crippen molar-refractivity contribution in [3.8, 4) is 16.9 Å². The summed E-state index contributed by atoms with van der Waals surface area (Å²) in [5.41, 5.74) is 4.31. The van der Waals surface area contributed by atoms with Crippen LogP contribution >= 0.6 is 11.6 Å². The van der Waals surface area contributed by atoms with Gasteiger partial charge in [-0.15, -0.1) is 0 Å². The molecule has 0 aliphatic carbocycles. The van der Waals surface area contributed by atoms with Gasteiger partial charge in [0.25, 0.3) is 0 Å². The van der Waals surface area contributed by atoms with Gasteiger partial charge >= 0.3 is 0 Å². The summed E-state index contributed by atoms with van der Waals surface area (Å²) < 4.78 is 22.7. The number of benzene rings is 2. The van der Waals surface area contributed by atoms with Crippen LogP contribution in [0.1, 0.15) is 30.9 Å². The highest BCUT2D eigenvalue weighted by Gasteiger charge is 2.15. The Morgan fingerprint density at radius 2 is 1.85 bits per heavy atom. The standard InChI is InChI=1S/C20H21ClN2O3S/c1-13(2)14-3-6-17(7-4-14)23-18(12-20(21)22-23)15-5-8-19(27(25)26)16(11-15)9-10-24/h3-8,11-13,24H,9-10H2,1-2H3,(H,25,26). The molecule has 3 rings (SSSR count). The van der Waals surface area contributed by atoms with Crippen molar-refractivity contribution in [3.05, 3.63) is 64.8 Å². The van der Waals surface area contributed by atoms with E-state index in [1.807, 2.05) is 12.1 Å². The summed E-state index contributed by atoms with van der Waals surface area (Å²) >= 11 is 4.06. The van der Waals surface area contributed by atoms with Gasteiger partial charge in [0.2, 0.25) is 0 Å². The van der Waals surface area contributed by atoms with E-state index >= 15 is 0 Å². The molecule has 0 bridgehead atoms. The number of aliphatic hydroxyl groups excluding tert-OH is 1. The first-order valence-electron chi connectivity index (χ1n) is 8.61. The van der Waals surface area contributed by atoms with Gasteiger partial charge in [-0.05, 0) is 47.7 Å². The highest BCUT2D eigenvalue weighted by molar-refractivity contribution is 7.79. The van der Waals surface area contributed by atoms with E-state index in [0.29, 0.717) is 28.0 Å². The van der Waals surface area contributed by atoms with Gasteiger partial charge in [0.05, 0.1) is 16.3 Å². The van der Waals surface area contributed by atoms with Crippen molar-refractivity contribution >= 4 is 22.7 Å². The Kier molecular flexibility index (Phi) is 6.11. The molecule has 0 aliphatic heterocycles. The fraction of sp³-hybridized carbons (Fsp3) is 0.250. The lowest BCUT2D eigenvalue weighted by Gasteiger charge is -2.12. The molecule has 3 aromatic rings. The molecule has 2 N–H and O–H groups in total. The molecule has 7 heteroatoms. The predicted molar refractivity (Wildman–Crippen MR) is 108 cm³/mol. The third-order valence-corrected chi connectivity index (χ3v) is 5.37. The topological polar surface area (TPSA) is 75.4 Å². The second kappa shape index (κ2) is 8.35. The quantitative estimate of drug-likeness (QED) is 0.596. The lowest BCUT2D eigenvalue weighted by Crippen LogP contribution is -2.03. The van der Waals surface area contributed by atoms with E-state index in [0.717, 1.165) is 16.9 Å². The van der Waals surface area contributed by atoms with Crippen LogP contribution in [-0.4, -0.2) is 30.3 Å². The van der Waals surface area contributed by atoms with Crippen LogP contribution in [0, 0.1) is 0 Å². The summed E-state index contributed by atoms with van der Waals surface area (Å²) in [6.45, 7) is 4.17. The van der Waals surface area contributed by atoms with Crippen molar-refractivity contribution < 1.29 is 13.9 Å². The molecule has 5 nitrogen and oxygen atoms in total. The number of halogens is 1. The van der Waals surface area contributed by atoms with Crippen LogP contribution in [0.3, 0.4) is 0 Å². The predicted octanol–water partition coefficient (Wildman–Crippen LogP) is 4.43. The summed E-state index contributed by atoms with van der Waals surface area (Å²) in [5.74, 6) is 0.438. The number of hydrogen-bond acceptors (Lipinski definition) is 3. The SMILES string of the molecule is CC(C)c1ccc(-n2nc(Cl)cc2-c2ccc(S(=O)O)c(CCO)c2)cc1. The van der Waals surface area contributed by atoms with Crippen LogP contribution in [0.25, 0.3) is 16.9 Å². The van der Waals surface area contributed by atoms with Crippen LogP contribution in [0.5, 0.6) is 0 Å². The van der Waals surface area contributed by atoms with E-state index in [1.54, 1.807) is 28.9 Å². The number of nitrogens with zero attached hydrogens (tertiary/aromatic N) is 2. The van der Waals surface area contributed by atoms with Crippen LogP contribution < -0.4 is 0 Å². The Morgan fingerprint density at radius 3 is 2.44 bits per heavy atom. The lowest BCUT2D eigenvalue weighted by molar-refractivity contribution is 0.298. The average Bonchev–Trinajstić information content (AvgIpc) is 3.03. The molecular formula is C20H21ClN2O3S. The second-order valence-corrected chi connectivity index (χ2v) is 7.88. The highest BCUT2D eigenvalue weighted by Crippen LogP contribution is 2.29. The third-order valence-electron chi connectivity index (χ3n) is 4.41. The molecule has 1 atom stereocenters. The minimum atomic E-state index is -2.11. The van der Waals surface area contributed by atoms with Gasteiger partial charge in [-0.3, -0.25) is 0 Å². The van der Waals surface area contributed by atoms with Gasteiger partial charge in [0.1, 0.15) is 0 Å². The van der Waals surface area contributed by atoms with E-state index in [-0.39, 0.29) is 6.61 Å². The van der Waals surface area contributed by atoms with Gasteiger partial charge in [0, 0.05) is 18.2 Å². The Morgan fingerprint density at radius 1 is 1.15 bits per heavy atom. The Hall–Kier alpha value is -1.99. The fourth-order valence-corrected chi connectivity index (χ4v) is 3.73. The number of aromatic nitrogens is 2. The lowest BCUT2D eigenvalue weighted by atomic mass is 10.0. The highest BCUT2D eigenvalue weighted by atomic mass is 35.5. The molecular weight excluding hydrogens is 384 g/mol. The van der Waals surface area contributed by atoms with Crippen molar-refractivity contribution in [2.24, 2.45) is 0 Å². The summed E-state index contributed by atoms with van der Waals surface area (Å²) in [6, 6.07) is 15.0. The van der Waals surface area contributed by atoms with E-state index in [1.165, 1.54) is 5.56 Å². The fourth-order valence-electron chi connectivity index (χ4n) is 2.98. The number of aliphatic hydroxyl groups is 1. The van der Waals surface area contributed by atoms with Crippen LogP contribution in [-0.2, 0) is 17.5 Å². The zero-order valence-electron chi connectivity index (χ0n) is 15.1. The maximum Gasteiger partial charge on any atom is 0.186 e. The first-order chi connectivity index (χ1) is 12.9. The summed E-state index contributed by atoms with van der Waals surface area (Å²) in [4.78, 5) is 0.297. The molecule has 0 spiro atoms. The normalized spacial score (nSPS) is 12.5. The molecule has 27 heavy (non-hydrogen) atoms. The van der Waals surface area contributed by atoms with Gasteiger partial charge in [-0.2, -0.15) is 5.10 Å². The minimum absolute atomic E-state index is 0.107.